The van der Waals surface area contributed by atoms with Gasteiger partial charge in [-0.2, -0.15) is 0 Å². The second-order valence-corrected chi connectivity index (χ2v) is 8.10. The number of hydrogen-bond acceptors (Lipinski definition) is 5. The van der Waals surface area contributed by atoms with E-state index in [2.05, 4.69) is 53.0 Å². The Morgan fingerprint density at radius 3 is 2.06 bits per heavy atom. The first-order chi connectivity index (χ1) is 16.7. The zero-order chi connectivity index (χ0) is 23.8. The number of rotatable bonds is 1. The molecular weight excluding hydrogens is 424 g/mol. The van der Waals surface area contributed by atoms with E-state index in [0.717, 1.165) is 33.4 Å². The molecule has 2 heterocycles. The highest BCUT2D eigenvalue weighted by atomic mass is 16.5. The van der Waals surface area contributed by atoms with Crippen LogP contribution in [-0.4, -0.2) is 52.0 Å². The van der Waals surface area contributed by atoms with Crippen LogP contribution in [0.25, 0.3) is 0 Å². The Bertz CT molecular complexity index is 1020. The van der Waals surface area contributed by atoms with Gasteiger partial charge in [-0.05, 0) is 46.4 Å². The van der Waals surface area contributed by atoms with Crippen molar-refractivity contribution in [3.8, 4) is 0 Å². The van der Waals surface area contributed by atoms with Crippen molar-refractivity contribution in [3.63, 3.8) is 0 Å². The number of allylic oxidation sites excluding steroid dienone is 2. The highest BCUT2D eigenvalue weighted by molar-refractivity contribution is 5.86. The normalized spacial score (nSPS) is 20.1. The molecule has 0 atom stereocenters. The molecular formula is C29H34N2O3. The Hall–Kier alpha value is -3.12. The lowest BCUT2D eigenvalue weighted by Gasteiger charge is -2.08. The molecule has 0 unspecified atom stereocenters. The fraction of sp³-hybridized carbons (Fsp3) is 0.310. The largest absolute Gasteiger partial charge is 0.377 e. The van der Waals surface area contributed by atoms with Crippen molar-refractivity contribution in [1.82, 2.24) is 0 Å². The standard InChI is InChI=1S/C29H34N2O3/c1-3-25-8-7-24(2)22-33-15-13-32-14-16-34-23-27-11-9-26(10-12-27)19-31-21-29-6-4-5-28(17-29)20-30-18-25/h3-12,17,20-21H,1,13-16,18-19,22-23H2,2H3/b24-7+,25-8+,30-20?,31-21?. The van der Waals surface area contributed by atoms with Gasteiger partial charge in [-0.15, -0.1) is 0 Å². The Balaban J connectivity index is 1.68. The summed E-state index contributed by atoms with van der Waals surface area (Å²) in [6.07, 6.45) is 9.72. The molecule has 178 valence electrons. The van der Waals surface area contributed by atoms with Crippen LogP contribution < -0.4 is 0 Å². The van der Waals surface area contributed by atoms with E-state index in [0.29, 0.717) is 52.7 Å². The Labute approximate surface area is 203 Å². The maximum atomic E-state index is 5.71. The summed E-state index contributed by atoms with van der Waals surface area (Å²) in [6.45, 7) is 10.5. The molecule has 5 nitrogen and oxygen atoms in total. The second-order valence-electron chi connectivity index (χ2n) is 8.10. The van der Waals surface area contributed by atoms with Crippen LogP contribution in [-0.2, 0) is 27.4 Å². The topological polar surface area (TPSA) is 52.4 Å². The van der Waals surface area contributed by atoms with Crippen molar-refractivity contribution in [2.24, 2.45) is 9.98 Å². The molecule has 0 aromatic heterocycles. The molecule has 2 aliphatic heterocycles. The van der Waals surface area contributed by atoms with Gasteiger partial charge >= 0.3 is 0 Å². The van der Waals surface area contributed by atoms with Crippen LogP contribution in [0.1, 0.15) is 29.2 Å². The number of nitrogens with zero attached hydrogens (tertiary/aromatic N) is 2. The van der Waals surface area contributed by atoms with Gasteiger partial charge in [0.15, 0.2) is 0 Å². The third kappa shape index (κ3) is 9.79. The predicted molar refractivity (Wildman–Crippen MR) is 140 cm³/mol. The van der Waals surface area contributed by atoms with Crippen LogP contribution in [0.4, 0.5) is 0 Å². The van der Waals surface area contributed by atoms with Gasteiger partial charge in [0.2, 0.25) is 0 Å². The Morgan fingerprint density at radius 2 is 1.35 bits per heavy atom. The van der Waals surface area contributed by atoms with E-state index >= 15 is 0 Å². The summed E-state index contributed by atoms with van der Waals surface area (Å²) >= 11 is 0. The summed E-state index contributed by atoms with van der Waals surface area (Å²) in [6, 6.07) is 16.6. The fourth-order valence-electron chi connectivity index (χ4n) is 3.22. The molecule has 34 heavy (non-hydrogen) atoms. The molecule has 5 heteroatoms. The minimum absolute atomic E-state index is 0.551. The van der Waals surface area contributed by atoms with Gasteiger partial charge in [-0.3, -0.25) is 9.98 Å². The maximum Gasteiger partial charge on any atom is 0.0718 e. The molecule has 4 rings (SSSR count). The summed E-state index contributed by atoms with van der Waals surface area (Å²) < 4.78 is 17.0. The number of hydrogen-bond donors (Lipinski definition) is 0. The predicted octanol–water partition coefficient (Wildman–Crippen LogP) is 5.35. The third-order valence-electron chi connectivity index (χ3n) is 5.15. The summed E-state index contributed by atoms with van der Waals surface area (Å²) in [5.41, 5.74) is 6.57. The minimum Gasteiger partial charge on any atom is -0.377 e. The van der Waals surface area contributed by atoms with E-state index in [1.54, 1.807) is 0 Å². The van der Waals surface area contributed by atoms with E-state index in [1.165, 1.54) is 0 Å². The molecule has 0 saturated carbocycles. The van der Waals surface area contributed by atoms with Crippen LogP contribution in [0.5, 0.6) is 0 Å². The number of aliphatic imine (C=N–C) groups is 2. The van der Waals surface area contributed by atoms with Gasteiger partial charge < -0.3 is 14.2 Å². The molecule has 0 radical (unpaired) electrons. The summed E-state index contributed by atoms with van der Waals surface area (Å²) in [4.78, 5) is 9.18. The van der Waals surface area contributed by atoms with Crippen molar-refractivity contribution in [2.45, 2.75) is 20.1 Å². The minimum atomic E-state index is 0.551. The SMILES string of the molecule is C=C/C1=C\C=C(/C)COCCOCCOCc2ccc(cc2)CN=Cc2cccc(c2)C=NC1. The van der Waals surface area contributed by atoms with Crippen LogP contribution in [0.2, 0.25) is 0 Å². The highest BCUT2D eigenvalue weighted by Crippen LogP contribution is 2.08. The summed E-state index contributed by atoms with van der Waals surface area (Å²) in [5.74, 6) is 0. The molecule has 0 fully saturated rings. The first-order valence-electron chi connectivity index (χ1n) is 11.6. The van der Waals surface area contributed by atoms with Crippen LogP contribution in [0.3, 0.4) is 0 Å². The summed E-state index contributed by atoms with van der Waals surface area (Å²) in [7, 11) is 0. The van der Waals surface area contributed by atoms with E-state index in [-0.39, 0.29) is 0 Å². The zero-order valence-corrected chi connectivity index (χ0v) is 20.0. The zero-order valence-electron chi connectivity index (χ0n) is 20.0. The molecule has 0 aliphatic carbocycles. The Morgan fingerprint density at radius 1 is 0.735 bits per heavy atom. The van der Waals surface area contributed by atoms with Gasteiger partial charge in [0.1, 0.15) is 0 Å². The molecule has 0 N–H and O–H groups in total. The molecule has 2 aliphatic rings. The molecule has 0 amide bonds. The first kappa shape index (κ1) is 25.5. The lowest BCUT2D eigenvalue weighted by molar-refractivity contribution is 0.0143. The fourth-order valence-corrected chi connectivity index (χ4v) is 3.22. The van der Waals surface area contributed by atoms with E-state index in [9.17, 15) is 0 Å². The van der Waals surface area contributed by atoms with Crippen molar-refractivity contribution in [1.29, 1.82) is 0 Å². The van der Waals surface area contributed by atoms with E-state index < -0.39 is 0 Å². The van der Waals surface area contributed by atoms with Gasteiger partial charge in [0, 0.05) is 12.4 Å². The van der Waals surface area contributed by atoms with Crippen LogP contribution in [0.15, 0.2) is 94.5 Å². The van der Waals surface area contributed by atoms with E-state index in [4.69, 9.17) is 14.2 Å². The van der Waals surface area contributed by atoms with Crippen molar-refractivity contribution in [2.75, 3.05) is 39.6 Å². The number of fused-ring (bicyclic) bond motifs is 15. The monoisotopic (exact) mass is 458 g/mol. The molecule has 0 spiro atoms. The summed E-state index contributed by atoms with van der Waals surface area (Å²) in [5, 5.41) is 0. The maximum absolute atomic E-state index is 5.71. The van der Waals surface area contributed by atoms with E-state index in [1.807, 2.05) is 49.7 Å². The molecule has 0 saturated heterocycles. The molecule has 2 aromatic rings. The molecule has 2 aromatic carbocycles. The first-order valence-corrected chi connectivity index (χ1v) is 11.6. The van der Waals surface area contributed by atoms with Crippen LogP contribution in [0, 0.1) is 0 Å². The lowest BCUT2D eigenvalue weighted by Crippen LogP contribution is -2.10. The van der Waals surface area contributed by atoms with Crippen molar-refractivity contribution >= 4 is 12.4 Å². The average Bonchev–Trinajstić information content (AvgIpc) is 2.85. The average molecular weight is 459 g/mol. The van der Waals surface area contributed by atoms with Gasteiger partial charge in [0.05, 0.1) is 52.7 Å². The lowest BCUT2D eigenvalue weighted by atomic mass is 10.1. The highest BCUT2D eigenvalue weighted by Gasteiger charge is 1.98. The van der Waals surface area contributed by atoms with Crippen LogP contribution >= 0.6 is 0 Å². The molecule has 4 bridgehead atoms. The third-order valence-corrected chi connectivity index (χ3v) is 5.15. The number of benzene rings is 2. The number of ether oxygens (including phenoxy) is 3. The smallest absolute Gasteiger partial charge is 0.0718 e. The van der Waals surface area contributed by atoms with Crippen molar-refractivity contribution < 1.29 is 14.2 Å². The second kappa shape index (κ2) is 14.9. The van der Waals surface area contributed by atoms with Crippen molar-refractivity contribution in [3.05, 3.63) is 107 Å². The van der Waals surface area contributed by atoms with Gasteiger partial charge in [-0.1, -0.05) is 67.3 Å². The Kier molecular flexibility index (Phi) is 11.2. The quantitative estimate of drug-likeness (QED) is 0.542. The van der Waals surface area contributed by atoms with Gasteiger partial charge in [0.25, 0.3) is 0 Å². The van der Waals surface area contributed by atoms with Gasteiger partial charge in [-0.25, -0.2) is 0 Å².